The van der Waals surface area contributed by atoms with Crippen LogP contribution < -0.4 is 5.73 Å². The van der Waals surface area contributed by atoms with Crippen LogP contribution in [0, 0.1) is 11.8 Å². The number of unbranched alkanes of at least 4 members (excludes halogenated alkanes) is 1. The number of rotatable bonds is 6. The van der Waals surface area contributed by atoms with E-state index in [1.165, 1.54) is 57.8 Å². The summed E-state index contributed by atoms with van der Waals surface area (Å²) >= 11 is 0. The molecule has 0 radical (unpaired) electrons. The lowest BCUT2D eigenvalue weighted by Crippen LogP contribution is -2.15. The van der Waals surface area contributed by atoms with E-state index >= 15 is 0 Å². The van der Waals surface area contributed by atoms with Gasteiger partial charge in [0, 0.05) is 5.92 Å². The van der Waals surface area contributed by atoms with E-state index in [4.69, 9.17) is 10.3 Å². The van der Waals surface area contributed by atoms with Crippen molar-refractivity contribution in [2.75, 3.05) is 0 Å². The van der Waals surface area contributed by atoms with Crippen molar-refractivity contribution >= 4 is 0 Å². The largest absolute Gasteiger partial charge is 0.339 e. The Labute approximate surface area is 121 Å². The molecule has 1 atom stereocenters. The summed E-state index contributed by atoms with van der Waals surface area (Å²) in [5, 5.41) is 4.11. The van der Waals surface area contributed by atoms with Crippen molar-refractivity contribution in [3.8, 4) is 0 Å². The highest BCUT2D eigenvalue weighted by Gasteiger charge is 2.34. The first-order valence-electron chi connectivity index (χ1n) is 8.37. The fraction of sp³-hybridized carbons (Fsp3) is 0.875. The fourth-order valence-corrected chi connectivity index (χ4v) is 3.41. The second kappa shape index (κ2) is 6.25. The van der Waals surface area contributed by atoms with Crippen molar-refractivity contribution in [2.24, 2.45) is 17.6 Å². The Kier molecular flexibility index (Phi) is 4.39. The average Bonchev–Trinajstić information content (AvgIpc) is 3.22. The smallest absolute Gasteiger partial charge is 0.229 e. The van der Waals surface area contributed by atoms with Gasteiger partial charge in [-0.3, -0.25) is 0 Å². The molecule has 1 aromatic rings. The van der Waals surface area contributed by atoms with Crippen molar-refractivity contribution in [3.05, 3.63) is 11.7 Å². The van der Waals surface area contributed by atoms with Gasteiger partial charge >= 0.3 is 0 Å². The van der Waals surface area contributed by atoms with Crippen molar-refractivity contribution in [1.29, 1.82) is 0 Å². The predicted molar refractivity (Wildman–Crippen MR) is 78.2 cm³/mol. The molecule has 112 valence electrons. The zero-order valence-electron chi connectivity index (χ0n) is 12.6. The van der Waals surface area contributed by atoms with Crippen LogP contribution in [0.1, 0.15) is 88.4 Å². The van der Waals surface area contributed by atoms with E-state index < -0.39 is 0 Å². The molecule has 0 bridgehead atoms. The van der Waals surface area contributed by atoms with Crippen molar-refractivity contribution in [3.63, 3.8) is 0 Å². The van der Waals surface area contributed by atoms with Crippen molar-refractivity contribution in [2.45, 2.75) is 76.7 Å². The molecule has 2 fully saturated rings. The van der Waals surface area contributed by atoms with Gasteiger partial charge in [-0.15, -0.1) is 0 Å². The van der Waals surface area contributed by atoms with Gasteiger partial charge in [-0.2, -0.15) is 4.98 Å². The number of hydrogen-bond acceptors (Lipinski definition) is 4. The normalized spacial score (nSPS) is 28.5. The van der Waals surface area contributed by atoms with Gasteiger partial charge in [0.25, 0.3) is 0 Å². The van der Waals surface area contributed by atoms with E-state index in [2.05, 4.69) is 17.1 Å². The van der Waals surface area contributed by atoms with Crippen LogP contribution in [0.15, 0.2) is 4.52 Å². The highest BCUT2D eigenvalue weighted by Crippen LogP contribution is 2.40. The lowest BCUT2D eigenvalue weighted by Gasteiger charge is -2.26. The van der Waals surface area contributed by atoms with Gasteiger partial charge in [0.05, 0.1) is 6.04 Å². The number of aromatic nitrogens is 2. The monoisotopic (exact) mass is 277 g/mol. The van der Waals surface area contributed by atoms with Crippen LogP contribution in [0.2, 0.25) is 0 Å². The Morgan fingerprint density at radius 1 is 1.20 bits per heavy atom. The summed E-state index contributed by atoms with van der Waals surface area (Å²) in [4.78, 5) is 4.58. The molecule has 1 aromatic heterocycles. The Balaban J connectivity index is 1.52. The molecule has 0 aliphatic heterocycles. The van der Waals surface area contributed by atoms with Crippen molar-refractivity contribution in [1.82, 2.24) is 10.1 Å². The maximum Gasteiger partial charge on any atom is 0.229 e. The number of hydrogen-bond donors (Lipinski definition) is 1. The zero-order chi connectivity index (χ0) is 13.9. The van der Waals surface area contributed by atoms with Crippen LogP contribution in [0.4, 0.5) is 0 Å². The van der Waals surface area contributed by atoms with E-state index in [1.54, 1.807) is 0 Å². The lowest BCUT2D eigenvalue weighted by molar-refractivity contribution is 0.259. The first-order valence-corrected chi connectivity index (χ1v) is 8.37. The summed E-state index contributed by atoms with van der Waals surface area (Å²) in [5.41, 5.74) is 6.14. The maximum atomic E-state index is 6.14. The first kappa shape index (κ1) is 14.1. The standard InChI is InChI=1S/C16H27N3O/c1-2-3-4-11-5-7-13(8-6-11)16-18-15(19-20-16)14(17)12-9-10-12/h11-14H,2-10,17H2,1H3. The molecule has 0 spiro atoms. The third-order valence-electron chi connectivity index (χ3n) is 5.05. The van der Waals surface area contributed by atoms with Gasteiger partial charge in [-0.05, 0) is 50.4 Å². The van der Waals surface area contributed by atoms with E-state index in [0.29, 0.717) is 11.8 Å². The fourth-order valence-electron chi connectivity index (χ4n) is 3.41. The molecule has 0 amide bonds. The number of nitrogens with zero attached hydrogens (tertiary/aromatic N) is 2. The molecule has 3 rings (SSSR count). The van der Waals surface area contributed by atoms with Gasteiger partial charge in [-0.25, -0.2) is 0 Å². The second-order valence-corrected chi connectivity index (χ2v) is 6.71. The zero-order valence-corrected chi connectivity index (χ0v) is 12.6. The van der Waals surface area contributed by atoms with Crippen LogP contribution in [0.5, 0.6) is 0 Å². The predicted octanol–water partition coefficient (Wildman–Crippen LogP) is 3.94. The quantitative estimate of drug-likeness (QED) is 0.855. The molecule has 4 nitrogen and oxygen atoms in total. The number of nitrogens with two attached hydrogens (primary N) is 1. The molecule has 0 saturated heterocycles. The molecular formula is C16H27N3O. The van der Waals surface area contributed by atoms with E-state index in [-0.39, 0.29) is 6.04 Å². The summed E-state index contributed by atoms with van der Waals surface area (Å²) in [6.45, 7) is 2.27. The molecule has 20 heavy (non-hydrogen) atoms. The average molecular weight is 277 g/mol. The van der Waals surface area contributed by atoms with Crippen LogP contribution in [-0.4, -0.2) is 10.1 Å². The molecule has 1 heterocycles. The minimum atomic E-state index is -0.00612. The molecule has 0 aromatic carbocycles. The van der Waals surface area contributed by atoms with E-state index in [1.807, 2.05) is 0 Å². The van der Waals surface area contributed by atoms with Gasteiger partial charge in [0.1, 0.15) is 0 Å². The van der Waals surface area contributed by atoms with Crippen LogP contribution in [0.25, 0.3) is 0 Å². The summed E-state index contributed by atoms with van der Waals surface area (Å²) in [6.07, 6.45) is 11.5. The molecule has 2 saturated carbocycles. The van der Waals surface area contributed by atoms with Gasteiger partial charge in [0.2, 0.25) is 5.89 Å². The van der Waals surface area contributed by atoms with E-state index in [0.717, 1.165) is 17.6 Å². The maximum absolute atomic E-state index is 6.14. The third-order valence-corrected chi connectivity index (χ3v) is 5.05. The SMILES string of the molecule is CCCCC1CCC(c2nc(C(N)C3CC3)no2)CC1. The molecular weight excluding hydrogens is 250 g/mol. The molecule has 2 N–H and O–H groups in total. The highest BCUT2D eigenvalue weighted by atomic mass is 16.5. The van der Waals surface area contributed by atoms with Crippen molar-refractivity contribution < 1.29 is 4.52 Å². The van der Waals surface area contributed by atoms with Crippen LogP contribution >= 0.6 is 0 Å². The van der Waals surface area contributed by atoms with E-state index in [9.17, 15) is 0 Å². The summed E-state index contributed by atoms with van der Waals surface area (Å²) < 4.78 is 5.48. The Morgan fingerprint density at radius 3 is 2.60 bits per heavy atom. The topological polar surface area (TPSA) is 64.9 Å². The summed E-state index contributed by atoms with van der Waals surface area (Å²) in [7, 11) is 0. The third kappa shape index (κ3) is 3.22. The minimum absolute atomic E-state index is 0.00612. The first-order chi connectivity index (χ1) is 9.78. The van der Waals surface area contributed by atoms with Crippen LogP contribution in [-0.2, 0) is 0 Å². The molecule has 2 aliphatic carbocycles. The lowest BCUT2D eigenvalue weighted by atomic mass is 9.80. The van der Waals surface area contributed by atoms with Gasteiger partial charge in [0.15, 0.2) is 5.82 Å². The molecule has 1 unspecified atom stereocenters. The highest BCUT2D eigenvalue weighted by molar-refractivity contribution is 5.03. The second-order valence-electron chi connectivity index (χ2n) is 6.71. The van der Waals surface area contributed by atoms with Gasteiger partial charge in [-0.1, -0.05) is 31.3 Å². The van der Waals surface area contributed by atoms with Crippen LogP contribution in [0.3, 0.4) is 0 Å². The molecule has 4 heteroatoms. The Morgan fingerprint density at radius 2 is 1.95 bits per heavy atom. The van der Waals surface area contributed by atoms with Gasteiger partial charge < -0.3 is 10.3 Å². The Hall–Kier alpha value is -0.900. The summed E-state index contributed by atoms with van der Waals surface area (Å²) in [6, 6.07) is -0.00612. The Bertz CT molecular complexity index is 419. The minimum Gasteiger partial charge on any atom is -0.339 e. The molecule has 2 aliphatic rings. The summed E-state index contributed by atoms with van der Waals surface area (Å²) in [5.74, 6) is 3.55.